The maximum atomic E-state index is 12.2. The number of carbonyl (C=O) groups is 2. The third kappa shape index (κ3) is 4.57. The monoisotopic (exact) mass is 331 g/mol. The number of esters is 1. The largest absolute Gasteiger partial charge is 0.449 e. The number of anilines is 1. The standard InChI is InChI=1S/C18H18ClNO3/c1-11-7-8-12(2)16(9-11)20-17(21)13(3)23-18(22)14-5-4-6-15(19)10-14/h4-10,13H,1-3H3,(H,20,21). The minimum atomic E-state index is -0.915. The number of ether oxygens (including phenoxy) is 1. The van der Waals surface area contributed by atoms with Gasteiger partial charge in [0.1, 0.15) is 0 Å². The smallest absolute Gasteiger partial charge is 0.338 e. The fourth-order valence-corrected chi connectivity index (χ4v) is 2.19. The fourth-order valence-electron chi connectivity index (χ4n) is 2.00. The van der Waals surface area contributed by atoms with E-state index in [-0.39, 0.29) is 5.91 Å². The van der Waals surface area contributed by atoms with E-state index in [1.165, 1.54) is 13.0 Å². The van der Waals surface area contributed by atoms with Gasteiger partial charge in [-0.3, -0.25) is 4.79 Å². The summed E-state index contributed by atoms with van der Waals surface area (Å²) in [6, 6.07) is 12.2. The minimum Gasteiger partial charge on any atom is -0.449 e. The first-order valence-corrected chi connectivity index (χ1v) is 7.59. The number of aryl methyl sites for hydroxylation is 2. The van der Waals surface area contributed by atoms with Crippen molar-refractivity contribution in [2.45, 2.75) is 26.9 Å². The molecule has 0 saturated carbocycles. The number of rotatable bonds is 4. The molecule has 0 heterocycles. The Labute approximate surface area is 140 Å². The maximum absolute atomic E-state index is 12.2. The van der Waals surface area contributed by atoms with E-state index in [0.717, 1.165) is 11.1 Å². The summed E-state index contributed by atoms with van der Waals surface area (Å²) < 4.78 is 5.19. The van der Waals surface area contributed by atoms with E-state index in [0.29, 0.717) is 16.3 Å². The molecule has 1 unspecified atom stereocenters. The zero-order valence-electron chi connectivity index (χ0n) is 13.2. The van der Waals surface area contributed by atoms with Gasteiger partial charge >= 0.3 is 5.97 Å². The molecule has 2 rings (SSSR count). The van der Waals surface area contributed by atoms with E-state index in [2.05, 4.69) is 5.32 Å². The highest BCUT2D eigenvalue weighted by atomic mass is 35.5. The number of hydrogen-bond acceptors (Lipinski definition) is 3. The maximum Gasteiger partial charge on any atom is 0.338 e. The number of benzene rings is 2. The van der Waals surface area contributed by atoms with Gasteiger partial charge in [0.05, 0.1) is 5.56 Å². The topological polar surface area (TPSA) is 55.4 Å². The average molecular weight is 332 g/mol. The zero-order valence-corrected chi connectivity index (χ0v) is 14.0. The molecule has 0 saturated heterocycles. The number of hydrogen-bond donors (Lipinski definition) is 1. The van der Waals surface area contributed by atoms with Crippen molar-refractivity contribution in [2.24, 2.45) is 0 Å². The van der Waals surface area contributed by atoms with Crippen molar-refractivity contribution in [2.75, 3.05) is 5.32 Å². The molecule has 0 aromatic heterocycles. The summed E-state index contributed by atoms with van der Waals surface area (Å²) in [6.07, 6.45) is -0.915. The third-order valence-electron chi connectivity index (χ3n) is 3.36. The van der Waals surface area contributed by atoms with Gasteiger partial charge in [-0.2, -0.15) is 0 Å². The number of carbonyl (C=O) groups excluding carboxylic acids is 2. The fraction of sp³-hybridized carbons (Fsp3) is 0.222. The summed E-state index contributed by atoms with van der Waals surface area (Å²) in [5.41, 5.74) is 3.00. The first-order chi connectivity index (χ1) is 10.9. The first-order valence-electron chi connectivity index (χ1n) is 7.21. The van der Waals surface area contributed by atoms with E-state index in [4.69, 9.17) is 16.3 Å². The highest BCUT2D eigenvalue weighted by Gasteiger charge is 2.19. The Hall–Kier alpha value is -2.33. The lowest BCUT2D eigenvalue weighted by Crippen LogP contribution is -2.30. The molecule has 0 fully saturated rings. The summed E-state index contributed by atoms with van der Waals surface area (Å²) >= 11 is 5.84. The van der Waals surface area contributed by atoms with Gasteiger partial charge in [0.15, 0.2) is 6.10 Å². The first kappa shape index (κ1) is 17.0. The van der Waals surface area contributed by atoms with Gasteiger partial charge in [0.25, 0.3) is 5.91 Å². The minimum absolute atomic E-state index is 0.309. The van der Waals surface area contributed by atoms with E-state index in [1.807, 2.05) is 32.0 Å². The molecule has 0 radical (unpaired) electrons. The number of halogens is 1. The Kier molecular flexibility index (Phi) is 5.40. The highest BCUT2D eigenvalue weighted by molar-refractivity contribution is 6.30. The van der Waals surface area contributed by atoms with Crippen LogP contribution in [0.5, 0.6) is 0 Å². The van der Waals surface area contributed by atoms with Crippen LogP contribution in [0.15, 0.2) is 42.5 Å². The van der Waals surface area contributed by atoms with Crippen LogP contribution in [0.2, 0.25) is 5.02 Å². The van der Waals surface area contributed by atoms with Crippen LogP contribution in [0.25, 0.3) is 0 Å². The van der Waals surface area contributed by atoms with Crippen molar-refractivity contribution in [1.29, 1.82) is 0 Å². The van der Waals surface area contributed by atoms with E-state index in [9.17, 15) is 9.59 Å². The molecular formula is C18H18ClNO3. The predicted molar refractivity (Wildman–Crippen MR) is 90.9 cm³/mol. The summed E-state index contributed by atoms with van der Waals surface area (Å²) in [6.45, 7) is 5.37. The molecule has 0 spiro atoms. The van der Waals surface area contributed by atoms with Gasteiger partial charge in [-0.15, -0.1) is 0 Å². The molecule has 0 aliphatic carbocycles. The van der Waals surface area contributed by atoms with Gasteiger partial charge in [0.2, 0.25) is 0 Å². The molecule has 2 aromatic carbocycles. The Morgan fingerprint density at radius 3 is 2.57 bits per heavy atom. The molecule has 1 N–H and O–H groups in total. The molecule has 0 bridgehead atoms. The highest BCUT2D eigenvalue weighted by Crippen LogP contribution is 2.17. The van der Waals surface area contributed by atoms with Gasteiger partial charge < -0.3 is 10.1 Å². The predicted octanol–water partition coefficient (Wildman–Crippen LogP) is 4.14. The summed E-state index contributed by atoms with van der Waals surface area (Å²) in [5, 5.41) is 3.21. The molecule has 2 aromatic rings. The quantitative estimate of drug-likeness (QED) is 0.857. The molecule has 4 nitrogen and oxygen atoms in total. The lowest BCUT2D eigenvalue weighted by molar-refractivity contribution is -0.123. The summed E-state index contributed by atoms with van der Waals surface area (Å²) in [4.78, 5) is 24.2. The second kappa shape index (κ2) is 7.29. The molecule has 0 aliphatic rings. The van der Waals surface area contributed by atoms with Crippen molar-refractivity contribution in [3.05, 3.63) is 64.2 Å². The van der Waals surface area contributed by atoms with Crippen molar-refractivity contribution in [1.82, 2.24) is 0 Å². The Balaban J connectivity index is 2.02. The van der Waals surface area contributed by atoms with E-state index >= 15 is 0 Å². The normalized spacial score (nSPS) is 11.7. The van der Waals surface area contributed by atoms with Crippen molar-refractivity contribution >= 4 is 29.2 Å². The van der Waals surface area contributed by atoms with Crippen molar-refractivity contribution in [3.8, 4) is 0 Å². The van der Waals surface area contributed by atoms with Crippen LogP contribution in [0.3, 0.4) is 0 Å². The van der Waals surface area contributed by atoms with Gasteiger partial charge in [-0.25, -0.2) is 4.79 Å². The SMILES string of the molecule is Cc1ccc(C)c(NC(=O)C(C)OC(=O)c2cccc(Cl)c2)c1. The van der Waals surface area contributed by atoms with Crippen LogP contribution >= 0.6 is 11.6 Å². The Bertz CT molecular complexity index is 743. The van der Waals surface area contributed by atoms with E-state index in [1.54, 1.807) is 18.2 Å². The van der Waals surface area contributed by atoms with Gasteiger partial charge in [0, 0.05) is 10.7 Å². The van der Waals surface area contributed by atoms with Gasteiger partial charge in [-0.05, 0) is 56.2 Å². The molecule has 120 valence electrons. The molecule has 5 heteroatoms. The van der Waals surface area contributed by atoms with Crippen molar-refractivity contribution in [3.63, 3.8) is 0 Å². The zero-order chi connectivity index (χ0) is 17.0. The third-order valence-corrected chi connectivity index (χ3v) is 3.60. The number of nitrogens with one attached hydrogen (secondary N) is 1. The molecular weight excluding hydrogens is 314 g/mol. The van der Waals surface area contributed by atoms with Crippen LogP contribution in [-0.4, -0.2) is 18.0 Å². The molecule has 1 atom stereocenters. The summed E-state index contributed by atoms with van der Waals surface area (Å²) in [5.74, 6) is -0.967. The van der Waals surface area contributed by atoms with Gasteiger partial charge in [-0.1, -0.05) is 29.8 Å². The van der Waals surface area contributed by atoms with Crippen molar-refractivity contribution < 1.29 is 14.3 Å². The lowest BCUT2D eigenvalue weighted by Gasteiger charge is -2.15. The average Bonchev–Trinajstić information content (AvgIpc) is 2.50. The second-order valence-corrected chi connectivity index (χ2v) is 5.80. The molecule has 23 heavy (non-hydrogen) atoms. The molecule has 1 amide bonds. The Morgan fingerprint density at radius 1 is 1.13 bits per heavy atom. The second-order valence-electron chi connectivity index (χ2n) is 5.37. The summed E-state index contributed by atoms with van der Waals surface area (Å²) in [7, 11) is 0. The molecule has 0 aliphatic heterocycles. The van der Waals surface area contributed by atoms with Crippen LogP contribution < -0.4 is 5.32 Å². The van der Waals surface area contributed by atoms with E-state index < -0.39 is 12.1 Å². The van der Waals surface area contributed by atoms with Crippen LogP contribution in [0, 0.1) is 13.8 Å². The lowest BCUT2D eigenvalue weighted by atomic mass is 10.1. The van der Waals surface area contributed by atoms with Crippen LogP contribution in [-0.2, 0) is 9.53 Å². The number of amides is 1. The van der Waals surface area contributed by atoms with Crippen LogP contribution in [0.1, 0.15) is 28.4 Å². The Morgan fingerprint density at radius 2 is 1.87 bits per heavy atom. The van der Waals surface area contributed by atoms with Crippen LogP contribution in [0.4, 0.5) is 5.69 Å².